The summed E-state index contributed by atoms with van der Waals surface area (Å²) in [5, 5.41) is 0. The third-order valence-corrected chi connectivity index (χ3v) is 14.5. The highest BCUT2D eigenvalue weighted by molar-refractivity contribution is 5.76. The van der Waals surface area contributed by atoms with E-state index in [-0.39, 0.29) is 86.9 Å². The largest absolute Gasteiger partial charge is 0.438 e. The number of hydrogen-bond acceptors (Lipinski definition) is 12. The van der Waals surface area contributed by atoms with Crippen molar-refractivity contribution in [2.24, 2.45) is 33.5 Å². The smallest absolute Gasteiger partial charge is 0.313 e. The molecular formula is C58H116O12. The van der Waals surface area contributed by atoms with E-state index in [0.29, 0.717) is 17.9 Å². The van der Waals surface area contributed by atoms with Gasteiger partial charge < -0.3 is 37.9 Å². The predicted octanol–water partition coefficient (Wildman–Crippen LogP) is 16.1. The Hall–Kier alpha value is -2.28. The van der Waals surface area contributed by atoms with Gasteiger partial charge in [-0.05, 0) is 144 Å². The molecular weight excluding hydrogens is 889 g/mol. The van der Waals surface area contributed by atoms with E-state index in [9.17, 15) is 19.2 Å². The van der Waals surface area contributed by atoms with Crippen LogP contribution in [0.25, 0.3) is 0 Å². The average molecular weight is 1010 g/mol. The molecule has 0 heterocycles. The zero-order valence-corrected chi connectivity index (χ0v) is 44.4. The topological polar surface area (TPSA) is 142 Å². The summed E-state index contributed by atoms with van der Waals surface area (Å²) in [5.41, 5.74) is -1.58. The second kappa shape index (κ2) is 41.1. The third-order valence-electron chi connectivity index (χ3n) is 14.5. The summed E-state index contributed by atoms with van der Waals surface area (Å²) in [7, 11) is 0. The first-order chi connectivity index (χ1) is 31.2. The van der Waals surface area contributed by atoms with Crippen molar-refractivity contribution >= 4 is 23.9 Å². The molecule has 0 amide bonds. The van der Waals surface area contributed by atoms with Crippen LogP contribution < -0.4 is 0 Å². The maximum absolute atomic E-state index is 11.7. The van der Waals surface area contributed by atoms with Gasteiger partial charge in [0.05, 0.1) is 47.1 Å². The molecule has 0 unspecified atom stereocenters. The molecule has 0 aliphatic heterocycles. The molecule has 0 spiro atoms. The first-order valence-corrected chi connectivity index (χ1v) is 26.3. The van der Waals surface area contributed by atoms with Crippen LogP contribution in [0.1, 0.15) is 267 Å². The molecule has 0 N–H and O–H groups in total. The zero-order chi connectivity index (χ0) is 49.5. The Morgan fingerprint density at radius 2 is 0.557 bits per heavy atom. The number of hydrogen-bond donors (Lipinski definition) is 0. The van der Waals surface area contributed by atoms with Gasteiger partial charge in [-0.15, -0.1) is 0 Å². The SMILES string of the molecule is C.C.C.C.CCC(C)(C)C(=O)OCOC1CCCCC1.CCC(C)(C)C(=O)OCOC1CCCCCC1.CCC(C)(C)C(=O)OCOCC1CCCC1.CCC(C)(C)C(=O)OCOCC1CCCCC1. The van der Waals surface area contributed by atoms with Gasteiger partial charge in [-0.1, -0.05) is 134 Å². The Kier molecular flexibility index (Phi) is 43.6. The van der Waals surface area contributed by atoms with E-state index in [0.717, 1.165) is 64.6 Å². The standard InChI is InChI=1S/2C14H26O3.2C13H24O3.4CH4/c1-4-14(2,3)13(15)17-11-16-10-12-8-6-5-7-9-12;1-4-14(2,3)13(15)17-11-16-12-9-7-5-6-8-10-12;1-4-13(2,3)12(14)16-10-15-9-11-7-5-6-8-11;1-4-13(2,3)12(14)16-10-15-11-8-6-5-7-9-11;;;;/h2*12H,4-11H2,1-3H3;2*11H,4-10H2,1-3H3;4*1H4. The molecule has 4 saturated carbocycles. The summed E-state index contributed by atoms with van der Waals surface area (Å²) in [4.78, 5) is 46.6. The highest BCUT2D eigenvalue weighted by Crippen LogP contribution is 2.28. The fourth-order valence-corrected chi connectivity index (χ4v) is 7.52. The Morgan fingerprint density at radius 1 is 0.343 bits per heavy atom. The van der Waals surface area contributed by atoms with Gasteiger partial charge in [0.1, 0.15) is 0 Å². The summed E-state index contributed by atoms with van der Waals surface area (Å²) in [6.07, 6.45) is 28.7. The molecule has 0 atom stereocenters. The minimum Gasteiger partial charge on any atom is -0.438 e. The van der Waals surface area contributed by atoms with Crippen molar-refractivity contribution in [2.45, 2.75) is 279 Å². The van der Waals surface area contributed by atoms with E-state index < -0.39 is 21.7 Å². The van der Waals surface area contributed by atoms with Gasteiger partial charge >= 0.3 is 23.9 Å². The Morgan fingerprint density at radius 3 is 0.814 bits per heavy atom. The van der Waals surface area contributed by atoms with Crippen LogP contribution in [0.3, 0.4) is 0 Å². The van der Waals surface area contributed by atoms with Gasteiger partial charge in [0.15, 0.2) is 27.2 Å². The summed E-state index contributed by atoms with van der Waals surface area (Å²) in [6, 6.07) is 0. The highest BCUT2D eigenvalue weighted by Gasteiger charge is 2.30. The van der Waals surface area contributed by atoms with Crippen LogP contribution in [0.15, 0.2) is 0 Å². The van der Waals surface area contributed by atoms with Gasteiger partial charge in [0.2, 0.25) is 0 Å². The maximum Gasteiger partial charge on any atom is 0.313 e. The second-order valence-corrected chi connectivity index (χ2v) is 21.8. The van der Waals surface area contributed by atoms with Crippen LogP contribution in [0.5, 0.6) is 0 Å². The van der Waals surface area contributed by atoms with Crippen molar-refractivity contribution in [3.8, 4) is 0 Å². The molecule has 12 nitrogen and oxygen atoms in total. The van der Waals surface area contributed by atoms with E-state index in [1.165, 1.54) is 103 Å². The van der Waals surface area contributed by atoms with Crippen molar-refractivity contribution < 1.29 is 57.1 Å². The number of ether oxygens (including phenoxy) is 8. The first kappa shape index (κ1) is 74.2. The quantitative estimate of drug-likeness (QED) is 0.0335. The van der Waals surface area contributed by atoms with Crippen LogP contribution >= 0.6 is 0 Å². The number of carbonyl (C=O) groups is 4. The lowest BCUT2D eigenvalue weighted by molar-refractivity contribution is -0.173. The summed E-state index contributed by atoms with van der Waals surface area (Å²) >= 11 is 0. The fourth-order valence-electron chi connectivity index (χ4n) is 7.52. The molecule has 12 heteroatoms. The lowest BCUT2D eigenvalue weighted by Gasteiger charge is -2.24. The van der Waals surface area contributed by atoms with Crippen LogP contribution in [-0.4, -0.2) is 76.5 Å². The number of esters is 4. The molecule has 0 saturated heterocycles. The van der Waals surface area contributed by atoms with Crippen molar-refractivity contribution in [2.75, 3.05) is 40.4 Å². The molecule has 0 aromatic heterocycles. The molecule has 4 aliphatic carbocycles. The van der Waals surface area contributed by atoms with Crippen LogP contribution in [-0.2, 0) is 57.1 Å². The third kappa shape index (κ3) is 32.7. The Bertz CT molecular complexity index is 1280. The lowest BCUT2D eigenvalue weighted by Crippen LogP contribution is -2.28. The van der Waals surface area contributed by atoms with Crippen molar-refractivity contribution in [3.63, 3.8) is 0 Å². The summed E-state index contributed by atoms with van der Waals surface area (Å²) < 4.78 is 42.5. The van der Waals surface area contributed by atoms with Crippen LogP contribution in [0.4, 0.5) is 0 Å². The predicted molar refractivity (Wildman–Crippen MR) is 288 cm³/mol. The van der Waals surface area contributed by atoms with E-state index in [1.807, 2.05) is 83.1 Å². The van der Waals surface area contributed by atoms with E-state index in [1.54, 1.807) is 0 Å². The van der Waals surface area contributed by atoms with Crippen molar-refractivity contribution in [1.82, 2.24) is 0 Å². The number of carbonyl (C=O) groups excluding carboxylic acids is 4. The minimum atomic E-state index is -0.396. The second-order valence-electron chi connectivity index (χ2n) is 21.8. The fraction of sp³-hybridized carbons (Fsp3) is 0.931. The van der Waals surface area contributed by atoms with Crippen molar-refractivity contribution in [1.29, 1.82) is 0 Å². The van der Waals surface area contributed by atoms with Crippen molar-refractivity contribution in [3.05, 3.63) is 0 Å². The van der Waals surface area contributed by atoms with Gasteiger partial charge in [0, 0.05) is 0 Å². The monoisotopic (exact) mass is 1000 g/mol. The normalized spacial score (nSPS) is 17.2. The minimum absolute atomic E-state index is 0. The molecule has 4 rings (SSSR count). The highest BCUT2D eigenvalue weighted by atomic mass is 16.7. The molecule has 420 valence electrons. The molecule has 4 fully saturated rings. The van der Waals surface area contributed by atoms with Crippen LogP contribution in [0.2, 0.25) is 0 Å². The average Bonchev–Trinajstić information content (AvgIpc) is 3.71. The Labute approximate surface area is 432 Å². The molecule has 0 aromatic rings. The summed E-state index contributed by atoms with van der Waals surface area (Å²) in [5.74, 6) is 0.698. The molecule has 0 bridgehead atoms. The van der Waals surface area contributed by atoms with E-state index in [2.05, 4.69) is 0 Å². The number of rotatable bonds is 22. The molecule has 4 aliphatic rings. The lowest BCUT2D eigenvalue weighted by atomic mass is 9.90. The molecule has 0 aromatic carbocycles. The van der Waals surface area contributed by atoms with Gasteiger partial charge in [0.25, 0.3) is 0 Å². The maximum atomic E-state index is 11.7. The zero-order valence-electron chi connectivity index (χ0n) is 44.4. The summed E-state index contributed by atoms with van der Waals surface area (Å²) in [6.45, 7) is 25.1. The van der Waals surface area contributed by atoms with E-state index >= 15 is 0 Å². The van der Waals surface area contributed by atoms with Crippen LogP contribution in [0, 0.1) is 33.5 Å². The van der Waals surface area contributed by atoms with Gasteiger partial charge in [-0.25, -0.2) is 0 Å². The van der Waals surface area contributed by atoms with Gasteiger partial charge in [-0.2, -0.15) is 0 Å². The van der Waals surface area contributed by atoms with E-state index in [4.69, 9.17) is 37.9 Å². The molecule has 0 radical (unpaired) electrons. The van der Waals surface area contributed by atoms with Gasteiger partial charge in [-0.3, -0.25) is 19.2 Å². The molecule has 70 heavy (non-hydrogen) atoms. The first-order valence-electron chi connectivity index (χ1n) is 26.3. The Balaban J connectivity index is -0.000000407.